The summed E-state index contributed by atoms with van der Waals surface area (Å²) in [5.41, 5.74) is 1.76. The average molecular weight is 403 g/mol. The molecule has 0 spiro atoms. The van der Waals surface area contributed by atoms with E-state index in [-0.39, 0.29) is 11.8 Å². The Morgan fingerprint density at radius 1 is 1.11 bits per heavy atom. The van der Waals surface area contributed by atoms with Gasteiger partial charge in [0, 0.05) is 24.0 Å². The van der Waals surface area contributed by atoms with E-state index in [2.05, 4.69) is 10.6 Å². The Morgan fingerprint density at radius 3 is 2.43 bits per heavy atom. The van der Waals surface area contributed by atoms with Crippen LogP contribution in [-0.2, 0) is 17.7 Å². The lowest BCUT2D eigenvalue weighted by atomic mass is 10.0. The molecule has 0 atom stereocenters. The number of benzene rings is 1. The van der Waals surface area contributed by atoms with E-state index < -0.39 is 6.09 Å². The third kappa shape index (κ3) is 3.79. The summed E-state index contributed by atoms with van der Waals surface area (Å²) < 4.78 is 9.89. The Labute approximate surface area is 166 Å². The van der Waals surface area contributed by atoms with Gasteiger partial charge in [-0.15, -0.1) is 11.3 Å². The van der Waals surface area contributed by atoms with Crippen molar-refractivity contribution in [3.63, 3.8) is 0 Å². The predicted octanol–water partition coefficient (Wildman–Crippen LogP) is 2.49. The van der Waals surface area contributed by atoms with Crippen LogP contribution in [-0.4, -0.2) is 50.6 Å². The number of amides is 3. The van der Waals surface area contributed by atoms with Crippen LogP contribution in [0.5, 0.6) is 5.75 Å². The van der Waals surface area contributed by atoms with E-state index >= 15 is 0 Å². The molecule has 0 unspecified atom stereocenters. The number of carbonyl (C=O) groups is 3. The molecule has 1 aliphatic heterocycles. The molecule has 1 aromatic carbocycles. The van der Waals surface area contributed by atoms with Crippen molar-refractivity contribution < 1.29 is 23.9 Å². The molecule has 2 heterocycles. The van der Waals surface area contributed by atoms with Crippen molar-refractivity contribution in [3.8, 4) is 5.75 Å². The quantitative estimate of drug-likeness (QED) is 0.818. The van der Waals surface area contributed by atoms with Gasteiger partial charge in [-0.25, -0.2) is 4.79 Å². The first-order valence-electron chi connectivity index (χ1n) is 8.63. The zero-order chi connectivity index (χ0) is 20.3. The van der Waals surface area contributed by atoms with Crippen LogP contribution in [0.15, 0.2) is 24.3 Å². The van der Waals surface area contributed by atoms with Crippen LogP contribution in [0, 0.1) is 0 Å². The molecule has 28 heavy (non-hydrogen) atoms. The van der Waals surface area contributed by atoms with Crippen LogP contribution in [0.1, 0.15) is 31.2 Å². The maximum Gasteiger partial charge on any atom is 0.409 e. The summed E-state index contributed by atoms with van der Waals surface area (Å²) >= 11 is 1.30. The van der Waals surface area contributed by atoms with E-state index in [1.165, 1.54) is 18.4 Å². The third-order valence-electron chi connectivity index (χ3n) is 4.52. The molecule has 0 fully saturated rings. The van der Waals surface area contributed by atoms with Gasteiger partial charge in [-0.3, -0.25) is 9.59 Å². The second kappa shape index (κ2) is 8.30. The number of nitrogens with zero attached hydrogens (tertiary/aromatic N) is 1. The van der Waals surface area contributed by atoms with E-state index in [0.29, 0.717) is 41.4 Å². The highest BCUT2D eigenvalue weighted by Crippen LogP contribution is 2.37. The lowest BCUT2D eigenvalue weighted by molar-refractivity contribution is 0.0962. The van der Waals surface area contributed by atoms with Crippen molar-refractivity contribution in [2.24, 2.45) is 0 Å². The summed E-state index contributed by atoms with van der Waals surface area (Å²) in [6, 6.07) is 6.70. The number of methoxy groups -OCH3 is 2. The zero-order valence-electron chi connectivity index (χ0n) is 15.8. The van der Waals surface area contributed by atoms with Gasteiger partial charge < -0.3 is 25.0 Å². The fraction of sp³-hybridized carbons (Fsp3) is 0.316. The maximum absolute atomic E-state index is 12.6. The molecule has 0 saturated carbocycles. The molecular formula is C19H21N3O5S. The molecular weight excluding hydrogens is 382 g/mol. The first kappa shape index (κ1) is 19.7. The Hall–Kier alpha value is -3.07. The highest BCUT2D eigenvalue weighted by molar-refractivity contribution is 7.17. The molecule has 8 nitrogen and oxygen atoms in total. The molecule has 0 saturated heterocycles. The highest BCUT2D eigenvalue weighted by atomic mass is 32.1. The van der Waals surface area contributed by atoms with E-state index in [0.717, 1.165) is 10.4 Å². The predicted molar refractivity (Wildman–Crippen MR) is 105 cm³/mol. The molecule has 2 aromatic rings. The van der Waals surface area contributed by atoms with Crippen LogP contribution in [0.4, 0.5) is 9.80 Å². The monoisotopic (exact) mass is 403 g/mol. The van der Waals surface area contributed by atoms with Gasteiger partial charge in [0.05, 0.1) is 26.3 Å². The standard InChI is InChI=1S/C19H21N3O5S/c1-20-17(24)15-13-8-9-22(19(25)27-3)10-14(13)28-18(15)21-16(23)11-4-6-12(26-2)7-5-11/h4-7H,8-10H2,1-3H3,(H,20,24)(H,21,23). The number of rotatable bonds is 4. The number of nitrogens with one attached hydrogen (secondary N) is 2. The normalized spacial score (nSPS) is 12.8. The van der Waals surface area contributed by atoms with Crippen molar-refractivity contribution in [2.45, 2.75) is 13.0 Å². The maximum atomic E-state index is 12.6. The fourth-order valence-electron chi connectivity index (χ4n) is 3.06. The van der Waals surface area contributed by atoms with Gasteiger partial charge in [0.15, 0.2) is 0 Å². The van der Waals surface area contributed by atoms with E-state index in [9.17, 15) is 14.4 Å². The van der Waals surface area contributed by atoms with Gasteiger partial charge in [-0.1, -0.05) is 0 Å². The molecule has 3 amide bonds. The van der Waals surface area contributed by atoms with Gasteiger partial charge in [-0.05, 0) is 36.2 Å². The lowest BCUT2D eigenvalue weighted by Gasteiger charge is -2.25. The topological polar surface area (TPSA) is 97.0 Å². The summed E-state index contributed by atoms with van der Waals surface area (Å²) in [5, 5.41) is 5.93. The second-order valence-electron chi connectivity index (χ2n) is 6.11. The minimum absolute atomic E-state index is 0.269. The molecule has 0 radical (unpaired) electrons. The van der Waals surface area contributed by atoms with Crippen LogP contribution in [0.3, 0.4) is 0 Å². The second-order valence-corrected chi connectivity index (χ2v) is 7.22. The molecule has 0 aliphatic carbocycles. The molecule has 3 rings (SSSR count). The summed E-state index contributed by atoms with van der Waals surface area (Å²) in [5.74, 6) is 0.0577. The SMILES string of the molecule is CNC(=O)c1c(NC(=O)c2ccc(OC)cc2)sc2c1CCN(C(=O)OC)C2. The van der Waals surface area contributed by atoms with E-state index in [4.69, 9.17) is 9.47 Å². The van der Waals surface area contributed by atoms with Crippen molar-refractivity contribution in [2.75, 3.05) is 33.1 Å². The van der Waals surface area contributed by atoms with Gasteiger partial charge in [0.1, 0.15) is 10.8 Å². The molecule has 9 heteroatoms. The Kier molecular flexibility index (Phi) is 5.84. The smallest absolute Gasteiger partial charge is 0.409 e. The summed E-state index contributed by atoms with van der Waals surface area (Å²) in [6.45, 7) is 0.793. The van der Waals surface area contributed by atoms with Crippen molar-refractivity contribution in [1.82, 2.24) is 10.2 Å². The minimum Gasteiger partial charge on any atom is -0.497 e. The molecule has 1 aromatic heterocycles. The van der Waals surface area contributed by atoms with Crippen LogP contribution in [0.25, 0.3) is 0 Å². The van der Waals surface area contributed by atoms with Crippen LogP contribution >= 0.6 is 11.3 Å². The Balaban J connectivity index is 1.89. The van der Waals surface area contributed by atoms with Gasteiger partial charge in [0.2, 0.25) is 0 Å². The number of anilines is 1. The first-order chi connectivity index (χ1) is 13.5. The van der Waals surface area contributed by atoms with Crippen LogP contribution in [0.2, 0.25) is 0 Å². The summed E-state index contributed by atoms with van der Waals surface area (Å²) in [6.07, 6.45) is 0.103. The minimum atomic E-state index is -0.413. The fourth-order valence-corrected chi connectivity index (χ4v) is 4.32. The summed E-state index contributed by atoms with van der Waals surface area (Å²) in [4.78, 5) is 39.4. The van der Waals surface area contributed by atoms with E-state index in [1.54, 1.807) is 43.3 Å². The third-order valence-corrected chi connectivity index (χ3v) is 5.66. The first-order valence-corrected chi connectivity index (χ1v) is 9.45. The largest absolute Gasteiger partial charge is 0.497 e. The van der Waals surface area contributed by atoms with Gasteiger partial charge in [-0.2, -0.15) is 0 Å². The van der Waals surface area contributed by atoms with Gasteiger partial charge >= 0.3 is 6.09 Å². The summed E-state index contributed by atoms with van der Waals surface area (Å²) in [7, 11) is 4.44. The van der Waals surface area contributed by atoms with Crippen molar-refractivity contribution in [3.05, 3.63) is 45.8 Å². The van der Waals surface area contributed by atoms with E-state index in [1.807, 2.05) is 0 Å². The van der Waals surface area contributed by atoms with Crippen molar-refractivity contribution >= 4 is 34.2 Å². The van der Waals surface area contributed by atoms with Crippen molar-refractivity contribution in [1.29, 1.82) is 0 Å². The number of hydrogen-bond acceptors (Lipinski definition) is 6. The molecule has 0 bridgehead atoms. The number of carbonyl (C=O) groups excluding carboxylic acids is 3. The Morgan fingerprint density at radius 2 is 1.82 bits per heavy atom. The number of fused-ring (bicyclic) bond motifs is 1. The molecule has 1 aliphatic rings. The number of hydrogen-bond donors (Lipinski definition) is 2. The molecule has 148 valence electrons. The number of thiophene rings is 1. The Bertz CT molecular complexity index is 907. The zero-order valence-corrected chi connectivity index (χ0v) is 16.6. The molecule has 2 N–H and O–H groups in total. The average Bonchev–Trinajstić information content (AvgIpc) is 3.09. The highest BCUT2D eigenvalue weighted by Gasteiger charge is 2.30. The number of ether oxygens (including phenoxy) is 2. The van der Waals surface area contributed by atoms with Gasteiger partial charge in [0.25, 0.3) is 11.8 Å². The van der Waals surface area contributed by atoms with Crippen LogP contribution < -0.4 is 15.4 Å². The lowest BCUT2D eigenvalue weighted by Crippen LogP contribution is -2.35.